The lowest BCUT2D eigenvalue weighted by Gasteiger charge is -2.09. The molecular weight excluding hydrogens is 250 g/mol. The van der Waals surface area contributed by atoms with Gasteiger partial charge in [0.2, 0.25) is 5.88 Å². The molecule has 0 unspecified atom stereocenters. The second-order valence-electron chi connectivity index (χ2n) is 5.24. The fourth-order valence-corrected chi connectivity index (χ4v) is 1.79. The fourth-order valence-electron chi connectivity index (χ4n) is 1.79. The van der Waals surface area contributed by atoms with E-state index in [-0.39, 0.29) is 0 Å². The van der Waals surface area contributed by atoms with E-state index in [1.54, 1.807) is 12.4 Å². The highest BCUT2D eigenvalue weighted by molar-refractivity contribution is 5.34. The van der Waals surface area contributed by atoms with Crippen LogP contribution in [0, 0.1) is 12.8 Å². The van der Waals surface area contributed by atoms with Gasteiger partial charge in [-0.05, 0) is 31.0 Å². The summed E-state index contributed by atoms with van der Waals surface area (Å²) < 4.78 is 5.78. The van der Waals surface area contributed by atoms with Crippen LogP contribution in [0.4, 0.5) is 0 Å². The van der Waals surface area contributed by atoms with Crippen LogP contribution in [-0.4, -0.2) is 16.5 Å². The Morgan fingerprint density at radius 2 is 2.00 bits per heavy atom. The molecule has 0 atom stereocenters. The smallest absolute Gasteiger partial charge is 0.238 e. The van der Waals surface area contributed by atoms with Gasteiger partial charge in [-0.3, -0.25) is 4.98 Å². The zero-order valence-corrected chi connectivity index (χ0v) is 12.3. The topological polar surface area (TPSA) is 47.0 Å². The Bertz CT molecular complexity index is 555. The van der Waals surface area contributed by atoms with Gasteiger partial charge in [-0.15, -0.1) is 0 Å². The summed E-state index contributed by atoms with van der Waals surface area (Å²) >= 11 is 0. The van der Waals surface area contributed by atoms with E-state index < -0.39 is 0 Å². The quantitative estimate of drug-likeness (QED) is 0.875. The summed E-state index contributed by atoms with van der Waals surface area (Å²) in [6.45, 7) is 8.03. The Hall–Kier alpha value is -1.94. The van der Waals surface area contributed by atoms with Crippen LogP contribution in [0.1, 0.15) is 25.1 Å². The third kappa shape index (κ3) is 4.31. The molecule has 0 saturated heterocycles. The van der Waals surface area contributed by atoms with Crippen molar-refractivity contribution in [2.75, 3.05) is 6.54 Å². The predicted molar refractivity (Wildman–Crippen MR) is 79.8 cm³/mol. The van der Waals surface area contributed by atoms with Crippen LogP contribution in [0.2, 0.25) is 0 Å². The number of para-hydroxylation sites is 1. The zero-order chi connectivity index (χ0) is 14.4. The maximum absolute atomic E-state index is 5.78. The van der Waals surface area contributed by atoms with Crippen molar-refractivity contribution >= 4 is 0 Å². The van der Waals surface area contributed by atoms with Gasteiger partial charge in [-0.1, -0.05) is 32.0 Å². The monoisotopic (exact) mass is 271 g/mol. The van der Waals surface area contributed by atoms with Crippen molar-refractivity contribution in [3.63, 3.8) is 0 Å². The standard InChI is InChI=1S/C16H21N3O/c1-12(2)8-17-9-14-10-18-11-16(19-14)20-15-7-5-4-6-13(15)3/h4-7,10-12,17H,8-9H2,1-3H3. The van der Waals surface area contributed by atoms with Gasteiger partial charge in [0.15, 0.2) is 0 Å². The number of rotatable bonds is 6. The lowest BCUT2D eigenvalue weighted by atomic mass is 10.2. The molecule has 1 N–H and O–H groups in total. The normalized spacial score (nSPS) is 10.8. The minimum atomic E-state index is 0.531. The van der Waals surface area contributed by atoms with Crippen LogP contribution in [-0.2, 0) is 6.54 Å². The first-order chi connectivity index (χ1) is 9.65. The van der Waals surface area contributed by atoms with E-state index in [9.17, 15) is 0 Å². The van der Waals surface area contributed by atoms with Crippen LogP contribution >= 0.6 is 0 Å². The molecule has 0 radical (unpaired) electrons. The molecule has 0 aliphatic carbocycles. The molecule has 20 heavy (non-hydrogen) atoms. The van der Waals surface area contributed by atoms with E-state index in [0.717, 1.165) is 23.6 Å². The van der Waals surface area contributed by atoms with E-state index in [2.05, 4.69) is 29.1 Å². The average Bonchev–Trinajstić information content (AvgIpc) is 2.41. The molecule has 0 spiro atoms. The van der Waals surface area contributed by atoms with Gasteiger partial charge in [0.25, 0.3) is 0 Å². The molecule has 0 amide bonds. The average molecular weight is 271 g/mol. The Morgan fingerprint density at radius 1 is 1.20 bits per heavy atom. The lowest BCUT2D eigenvalue weighted by Crippen LogP contribution is -2.19. The number of nitrogens with one attached hydrogen (secondary N) is 1. The summed E-state index contributed by atoms with van der Waals surface area (Å²) in [5.74, 6) is 1.96. The first-order valence-electron chi connectivity index (χ1n) is 6.90. The molecule has 0 aliphatic heterocycles. The van der Waals surface area contributed by atoms with Gasteiger partial charge in [0, 0.05) is 12.7 Å². The van der Waals surface area contributed by atoms with Gasteiger partial charge in [0.05, 0.1) is 11.9 Å². The molecule has 2 rings (SSSR count). The molecule has 4 heteroatoms. The number of aryl methyl sites for hydroxylation is 1. The van der Waals surface area contributed by atoms with E-state index in [1.807, 2.05) is 31.2 Å². The molecule has 0 bridgehead atoms. The van der Waals surface area contributed by atoms with E-state index in [0.29, 0.717) is 18.3 Å². The van der Waals surface area contributed by atoms with E-state index >= 15 is 0 Å². The first kappa shape index (κ1) is 14.5. The molecule has 1 aromatic carbocycles. The van der Waals surface area contributed by atoms with Crippen LogP contribution < -0.4 is 10.1 Å². The zero-order valence-electron chi connectivity index (χ0n) is 12.3. The minimum absolute atomic E-state index is 0.531. The number of ether oxygens (including phenoxy) is 1. The van der Waals surface area contributed by atoms with Crippen molar-refractivity contribution in [1.82, 2.24) is 15.3 Å². The largest absolute Gasteiger partial charge is 0.437 e. The highest BCUT2D eigenvalue weighted by atomic mass is 16.5. The van der Waals surface area contributed by atoms with E-state index in [1.165, 1.54) is 0 Å². The number of aromatic nitrogens is 2. The highest BCUT2D eigenvalue weighted by Crippen LogP contribution is 2.22. The maximum Gasteiger partial charge on any atom is 0.238 e. The van der Waals surface area contributed by atoms with Crippen molar-refractivity contribution in [2.45, 2.75) is 27.3 Å². The second kappa shape index (κ2) is 7.01. The van der Waals surface area contributed by atoms with Gasteiger partial charge in [-0.25, -0.2) is 4.98 Å². The Kier molecular flexibility index (Phi) is 5.07. The second-order valence-corrected chi connectivity index (χ2v) is 5.24. The van der Waals surface area contributed by atoms with Crippen LogP contribution in [0.5, 0.6) is 11.6 Å². The summed E-state index contributed by atoms with van der Waals surface area (Å²) in [6, 6.07) is 7.88. The maximum atomic E-state index is 5.78. The van der Waals surface area contributed by atoms with Gasteiger partial charge >= 0.3 is 0 Å². The molecule has 4 nitrogen and oxygen atoms in total. The third-order valence-electron chi connectivity index (χ3n) is 2.83. The first-order valence-corrected chi connectivity index (χ1v) is 6.90. The molecule has 2 aromatic rings. The fraction of sp³-hybridized carbons (Fsp3) is 0.375. The Morgan fingerprint density at radius 3 is 2.75 bits per heavy atom. The summed E-state index contributed by atoms with van der Waals surface area (Å²) in [4.78, 5) is 8.64. The molecule has 1 heterocycles. The number of hydrogen-bond acceptors (Lipinski definition) is 4. The summed E-state index contributed by atoms with van der Waals surface area (Å²) in [7, 11) is 0. The highest BCUT2D eigenvalue weighted by Gasteiger charge is 2.04. The number of nitrogens with zero attached hydrogens (tertiary/aromatic N) is 2. The van der Waals surface area contributed by atoms with Crippen molar-refractivity contribution in [1.29, 1.82) is 0 Å². The minimum Gasteiger partial charge on any atom is -0.437 e. The predicted octanol–water partition coefficient (Wildman–Crippen LogP) is 3.32. The van der Waals surface area contributed by atoms with Gasteiger partial charge in [0.1, 0.15) is 5.75 Å². The molecule has 0 saturated carbocycles. The lowest BCUT2D eigenvalue weighted by molar-refractivity contribution is 0.452. The summed E-state index contributed by atoms with van der Waals surface area (Å²) in [5, 5.41) is 3.35. The molecular formula is C16H21N3O. The van der Waals surface area contributed by atoms with Gasteiger partial charge < -0.3 is 10.1 Å². The third-order valence-corrected chi connectivity index (χ3v) is 2.83. The molecule has 1 aromatic heterocycles. The van der Waals surface area contributed by atoms with Crippen LogP contribution in [0.25, 0.3) is 0 Å². The summed E-state index contributed by atoms with van der Waals surface area (Å²) in [6.07, 6.45) is 3.40. The Labute approximate surface area is 120 Å². The molecule has 106 valence electrons. The molecule has 0 aliphatic rings. The van der Waals surface area contributed by atoms with Crippen molar-refractivity contribution in [3.05, 3.63) is 47.9 Å². The Balaban J connectivity index is 2.01. The van der Waals surface area contributed by atoms with Crippen LogP contribution in [0.15, 0.2) is 36.7 Å². The number of hydrogen-bond donors (Lipinski definition) is 1. The number of benzene rings is 1. The van der Waals surface area contributed by atoms with E-state index in [4.69, 9.17) is 4.74 Å². The SMILES string of the molecule is Cc1ccccc1Oc1cncc(CNCC(C)C)n1. The van der Waals surface area contributed by atoms with Crippen molar-refractivity contribution < 1.29 is 4.74 Å². The van der Waals surface area contributed by atoms with Crippen LogP contribution in [0.3, 0.4) is 0 Å². The van der Waals surface area contributed by atoms with Gasteiger partial charge in [-0.2, -0.15) is 0 Å². The molecule has 0 fully saturated rings. The van der Waals surface area contributed by atoms with Crippen molar-refractivity contribution in [3.8, 4) is 11.6 Å². The summed E-state index contributed by atoms with van der Waals surface area (Å²) in [5.41, 5.74) is 1.97. The van der Waals surface area contributed by atoms with Crippen molar-refractivity contribution in [2.24, 2.45) is 5.92 Å².